The molecule has 0 aromatic heterocycles. The summed E-state index contributed by atoms with van der Waals surface area (Å²) in [7, 11) is 2.22. The van der Waals surface area contributed by atoms with Crippen LogP contribution in [0.25, 0.3) is 0 Å². The first-order valence-corrected chi connectivity index (χ1v) is 7.42. The molecule has 0 amide bonds. The average molecular weight is 256 g/mol. The van der Waals surface area contributed by atoms with Crippen molar-refractivity contribution < 1.29 is 4.74 Å². The Labute approximate surface area is 113 Å². The number of hydrogen-bond donors (Lipinski definition) is 1. The number of nitrogens with one attached hydrogen (secondary N) is 1. The Hall–Kier alpha value is -0.120. The van der Waals surface area contributed by atoms with Gasteiger partial charge < -0.3 is 15.0 Å². The molecule has 18 heavy (non-hydrogen) atoms. The number of piperidine rings is 1. The minimum atomic E-state index is 0.220. The quantitative estimate of drug-likeness (QED) is 0.757. The Kier molecular flexibility index (Phi) is 6.61. The molecule has 1 rings (SSSR count). The maximum absolute atomic E-state index is 5.96. The van der Waals surface area contributed by atoms with Crippen LogP contribution in [-0.4, -0.2) is 50.3 Å². The van der Waals surface area contributed by atoms with E-state index in [1.54, 1.807) is 0 Å². The minimum absolute atomic E-state index is 0.220. The second-order valence-corrected chi connectivity index (χ2v) is 6.85. The molecule has 0 aromatic rings. The van der Waals surface area contributed by atoms with Gasteiger partial charge in [-0.1, -0.05) is 34.1 Å². The highest BCUT2D eigenvalue weighted by molar-refractivity contribution is 4.76. The van der Waals surface area contributed by atoms with Gasteiger partial charge in [0.05, 0.1) is 13.2 Å². The van der Waals surface area contributed by atoms with Crippen molar-refractivity contribution in [1.29, 1.82) is 0 Å². The van der Waals surface area contributed by atoms with Crippen LogP contribution in [0.3, 0.4) is 0 Å². The average Bonchev–Trinajstić information content (AvgIpc) is 2.29. The summed E-state index contributed by atoms with van der Waals surface area (Å²) in [6.07, 6.45) is 3.99. The second-order valence-electron chi connectivity index (χ2n) is 6.85. The monoisotopic (exact) mass is 256 g/mol. The zero-order chi connectivity index (χ0) is 13.6. The molecule has 0 saturated carbocycles. The molecule has 0 aromatic carbocycles. The van der Waals surface area contributed by atoms with E-state index < -0.39 is 0 Å². The van der Waals surface area contributed by atoms with Gasteiger partial charge in [-0.2, -0.15) is 0 Å². The molecule has 1 aliphatic heterocycles. The molecule has 0 spiro atoms. The van der Waals surface area contributed by atoms with E-state index in [-0.39, 0.29) is 5.41 Å². The summed E-state index contributed by atoms with van der Waals surface area (Å²) >= 11 is 0. The van der Waals surface area contributed by atoms with Crippen molar-refractivity contribution in [1.82, 2.24) is 10.2 Å². The first-order valence-electron chi connectivity index (χ1n) is 7.42. The maximum Gasteiger partial charge on any atom is 0.0621 e. The normalized spacial score (nSPS) is 22.7. The van der Waals surface area contributed by atoms with Crippen molar-refractivity contribution in [3.05, 3.63) is 0 Å². The van der Waals surface area contributed by atoms with Crippen molar-refractivity contribution in [2.75, 3.05) is 33.4 Å². The summed E-state index contributed by atoms with van der Waals surface area (Å²) in [4.78, 5) is 2.45. The highest BCUT2D eigenvalue weighted by Crippen LogP contribution is 2.18. The van der Waals surface area contributed by atoms with Crippen LogP contribution in [0.15, 0.2) is 0 Å². The van der Waals surface area contributed by atoms with Gasteiger partial charge in [-0.25, -0.2) is 0 Å². The molecule has 0 radical (unpaired) electrons. The number of hydrogen-bond acceptors (Lipinski definition) is 3. The topological polar surface area (TPSA) is 24.5 Å². The summed E-state index contributed by atoms with van der Waals surface area (Å²) < 4.78 is 5.96. The van der Waals surface area contributed by atoms with Crippen molar-refractivity contribution in [2.24, 2.45) is 5.41 Å². The molecule has 1 unspecified atom stereocenters. The van der Waals surface area contributed by atoms with E-state index >= 15 is 0 Å². The lowest BCUT2D eigenvalue weighted by atomic mass is 9.94. The third-order valence-electron chi connectivity index (χ3n) is 3.71. The van der Waals surface area contributed by atoms with Crippen LogP contribution in [0.4, 0.5) is 0 Å². The highest BCUT2D eigenvalue weighted by atomic mass is 16.5. The van der Waals surface area contributed by atoms with Crippen LogP contribution in [0.5, 0.6) is 0 Å². The standard InChI is InChI=1S/C15H32N2O/c1-13(2)16-11-15(3,4)12-18-10-14-8-6-7-9-17(14)5/h13-14,16H,6-12H2,1-5H3. The Morgan fingerprint density at radius 2 is 2.06 bits per heavy atom. The van der Waals surface area contributed by atoms with Crippen LogP contribution in [-0.2, 0) is 4.74 Å². The fraction of sp³-hybridized carbons (Fsp3) is 1.00. The summed E-state index contributed by atoms with van der Waals surface area (Å²) in [5.41, 5.74) is 0.220. The van der Waals surface area contributed by atoms with Crippen LogP contribution in [0.2, 0.25) is 0 Å². The second kappa shape index (κ2) is 7.46. The smallest absolute Gasteiger partial charge is 0.0621 e. The van der Waals surface area contributed by atoms with Gasteiger partial charge in [-0.05, 0) is 26.4 Å². The fourth-order valence-corrected chi connectivity index (χ4v) is 2.36. The molecule has 108 valence electrons. The lowest BCUT2D eigenvalue weighted by molar-refractivity contribution is 0.0144. The number of rotatable bonds is 7. The molecule has 0 bridgehead atoms. The number of ether oxygens (including phenoxy) is 1. The molecule has 1 aliphatic rings. The van der Waals surface area contributed by atoms with Gasteiger partial charge in [0.15, 0.2) is 0 Å². The first kappa shape index (κ1) is 15.9. The SMILES string of the molecule is CC(C)NCC(C)(C)COCC1CCCCN1C. The molecule has 3 heteroatoms. The predicted molar refractivity (Wildman–Crippen MR) is 78.0 cm³/mol. The van der Waals surface area contributed by atoms with Gasteiger partial charge >= 0.3 is 0 Å². The largest absolute Gasteiger partial charge is 0.379 e. The third kappa shape index (κ3) is 6.17. The van der Waals surface area contributed by atoms with Crippen LogP contribution in [0, 0.1) is 5.41 Å². The van der Waals surface area contributed by atoms with Crippen LogP contribution >= 0.6 is 0 Å². The Morgan fingerprint density at radius 3 is 2.67 bits per heavy atom. The summed E-state index contributed by atoms with van der Waals surface area (Å²) in [6.45, 7) is 12.9. The van der Waals surface area contributed by atoms with E-state index in [0.29, 0.717) is 12.1 Å². The molecule has 0 aliphatic carbocycles. The Bertz CT molecular complexity index is 229. The van der Waals surface area contributed by atoms with Crippen molar-refractivity contribution in [2.45, 2.75) is 59.0 Å². The Balaban J connectivity index is 2.19. The number of nitrogens with zero attached hydrogens (tertiary/aromatic N) is 1. The predicted octanol–water partition coefficient (Wildman–Crippen LogP) is 2.51. The lowest BCUT2D eigenvalue weighted by Crippen LogP contribution is -2.41. The first-order chi connectivity index (χ1) is 8.41. The summed E-state index contributed by atoms with van der Waals surface area (Å²) in [6, 6.07) is 1.18. The minimum Gasteiger partial charge on any atom is -0.379 e. The van der Waals surface area contributed by atoms with Gasteiger partial charge in [0.1, 0.15) is 0 Å². The molecule has 1 heterocycles. The summed E-state index contributed by atoms with van der Waals surface area (Å²) in [5.74, 6) is 0. The van der Waals surface area contributed by atoms with Crippen molar-refractivity contribution >= 4 is 0 Å². The molecule has 1 atom stereocenters. The lowest BCUT2D eigenvalue weighted by Gasteiger charge is -2.33. The Morgan fingerprint density at radius 1 is 1.33 bits per heavy atom. The van der Waals surface area contributed by atoms with Crippen LogP contribution in [0.1, 0.15) is 47.0 Å². The van der Waals surface area contributed by atoms with E-state index in [4.69, 9.17) is 4.74 Å². The van der Waals surface area contributed by atoms with Gasteiger partial charge in [-0.3, -0.25) is 0 Å². The zero-order valence-corrected chi connectivity index (χ0v) is 13.0. The van der Waals surface area contributed by atoms with E-state index in [9.17, 15) is 0 Å². The van der Waals surface area contributed by atoms with E-state index in [0.717, 1.165) is 19.8 Å². The zero-order valence-electron chi connectivity index (χ0n) is 13.0. The maximum atomic E-state index is 5.96. The number of likely N-dealkylation sites (tertiary alicyclic amines) is 1. The highest BCUT2D eigenvalue weighted by Gasteiger charge is 2.22. The fourth-order valence-electron chi connectivity index (χ4n) is 2.36. The van der Waals surface area contributed by atoms with Gasteiger partial charge in [-0.15, -0.1) is 0 Å². The van der Waals surface area contributed by atoms with E-state index in [1.165, 1.54) is 25.8 Å². The van der Waals surface area contributed by atoms with Gasteiger partial charge in [0, 0.05) is 24.0 Å². The van der Waals surface area contributed by atoms with Gasteiger partial charge in [0.25, 0.3) is 0 Å². The van der Waals surface area contributed by atoms with Crippen molar-refractivity contribution in [3.63, 3.8) is 0 Å². The molecule has 1 N–H and O–H groups in total. The van der Waals surface area contributed by atoms with Gasteiger partial charge in [0.2, 0.25) is 0 Å². The summed E-state index contributed by atoms with van der Waals surface area (Å²) in [5, 5.41) is 3.49. The van der Waals surface area contributed by atoms with E-state index in [1.807, 2.05) is 0 Å². The van der Waals surface area contributed by atoms with Crippen molar-refractivity contribution in [3.8, 4) is 0 Å². The van der Waals surface area contributed by atoms with E-state index in [2.05, 4.69) is 45.0 Å². The molecule has 1 fully saturated rings. The molecule has 1 saturated heterocycles. The number of likely N-dealkylation sites (N-methyl/N-ethyl adjacent to an activating group) is 1. The molecular weight excluding hydrogens is 224 g/mol. The third-order valence-corrected chi connectivity index (χ3v) is 3.71. The molecular formula is C15H32N2O. The molecule has 3 nitrogen and oxygen atoms in total. The van der Waals surface area contributed by atoms with Crippen LogP contribution < -0.4 is 5.32 Å².